The number of benzene rings is 2. The van der Waals surface area contributed by atoms with Gasteiger partial charge in [0.1, 0.15) is 11.4 Å². The molecule has 1 aromatic heterocycles. The molecule has 0 saturated heterocycles. The fourth-order valence-corrected chi connectivity index (χ4v) is 3.50. The maximum Gasteiger partial charge on any atom is 0.272 e. The van der Waals surface area contributed by atoms with Crippen LogP contribution in [0.5, 0.6) is 5.75 Å². The van der Waals surface area contributed by atoms with Gasteiger partial charge in [-0.3, -0.25) is 14.3 Å². The number of hydrogen-bond acceptors (Lipinski definition) is 4. The Labute approximate surface area is 175 Å². The van der Waals surface area contributed by atoms with Crippen molar-refractivity contribution in [2.24, 2.45) is 0 Å². The van der Waals surface area contributed by atoms with Gasteiger partial charge in [0.05, 0.1) is 12.6 Å². The van der Waals surface area contributed by atoms with Crippen molar-refractivity contribution in [3.63, 3.8) is 0 Å². The number of aryl methyl sites for hydroxylation is 1. The monoisotopic (exact) mass is 404 g/mol. The molecule has 0 fully saturated rings. The molecule has 1 aliphatic heterocycles. The molecule has 0 aliphatic carbocycles. The Hall–Kier alpha value is -3.61. The summed E-state index contributed by atoms with van der Waals surface area (Å²) in [5, 5.41) is 10.2. The summed E-state index contributed by atoms with van der Waals surface area (Å²) < 4.78 is 7.33. The maximum atomic E-state index is 12.4. The molecule has 2 aromatic carbocycles. The third-order valence-electron chi connectivity index (χ3n) is 4.97. The Kier molecular flexibility index (Phi) is 5.79. The Morgan fingerprint density at radius 1 is 1.13 bits per heavy atom. The fraction of sp³-hybridized carbons (Fsp3) is 0.261. The first-order valence-electron chi connectivity index (χ1n) is 9.94. The number of fused-ring (bicyclic) bond motifs is 1. The third-order valence-corrected chi connectivity index (χ3v) is 4.97. The number of amides is 2. The van der Waals surface area contributed by atoms with Gasteiger partial charge in [-0.05, 0) is 36.2 Å². The van der Waals surface area contributed by atoms with E-state index >= 15 is 0 Å². The maximum absolute atomic E-state index is 12.4. The molecule has 0 radical (unpaired) electrons. The lowest BCUT2D eigenvalue weighted by Gasteiger charge is -2.12. The minimum atomic E-state index is -0.201. The highest BCUT2D eigenvalue weighted by atomic mass is 16.5. The van der Waals surface area contributed by atoms with Gasteiger partial charge in [0, 0.05) is 18.7 Å². The number of carbonyl (C=O) groups is 2. The standard InChI is InChI=1S/C23H24N4O3/c1-16-6-5-9-20(10-16)30-15-22(28)25-18-11-19-12-21(26-27(19)14-18)23(29)24-13-17-7-3-2-4-8-17/h2-10,12,18H,11,13-15H2,1H3,(H,24,29)(H,25,28)/t18-/m0/s1. The molecule has 4 rings (SSSR count). The van der Waals surface area contributed by atoms with Crippen LogP contribution in [0.2, 0.25) is 0 Å². The van der Waals surface area contributed by atoms with E-state index in [0.717, 1.165) is 16.8 Å². The zero-order valence-electron chi connectivity index (χ0n) is 16.8. The normalized spacial score (nSPS) is 14.8. The van der Waals surface area contributed by atoms with Crippen molar-refractivity contribution in [2.75, 3.05) is 6.61 Å². The van der Waals surface area contributed by atoms with Crippen LogP contribution in [0.3, 0.4) is 0 Å². The Bertz CT molecular complexity index is 1020. The highest BCUT2D eigenvalue weighted by Gasteiger charge is 2.26. The van der Waals surface area contributed by atoms with Crippen molar-refractivity contribution in [2.45, 2.75) is 32.5 Å². The first-order chi connectivity index (χ1) is 14.6. The highest BCUT2D eigenvalue weighted by molar-refractivity contribution is 5.92. The second-order valence-corrected chi connectivity index (χ2v) is 7.45. The van der Waals surface area contributed by atoms with Gasteiger partial charge in [-0.25, -0.2) is 0 Å². The number of ether oxygens (including phenoxy) is 1. The van der Waals surface area contributed by atoms with E-state index in [4.69, 9.17) is 4.74 Å². The van der Waals surface area contributed by atoms with E-state index in [-0.39, 0.29) is 24.5 Å². The van der Waals surface area contributed by atoms with Crippen LogP contribution in [0.4, 0.5) is 0 Å². The van der Waals surface area contributed by atoms with Gasteiger partial charge in [-0.1, -0.05) is 42.5 Å². The SMILES string of the molecule is Cc1cccc(OCC(=O)N[C@H]2Cc3cc(C(=O)NCc4ccccc4)nn3C2)c1. The van der Waals surface area contributed by atoms with Crippen molar-refractivity contribution < 1.29 is 14.3 Å². The van der Waals surface area contributed by atoms with Crippen molar-refractivity contribution in [3.8, 4) is 5.75 Å². The van der Waals surface area contributed by atoms with Crippen LogP contribution in [0.15, 0.2) is 60.7 Å². The molecule has 3 aromatic rings. The van der Waals surface area contributed by atoms with Gasteiger partial charge in [0.2, 0.25) is 0 Å². The summed E-state index contributed by atoms with van der Waals surface area (Å²) in [6.45, 7) is 2.94. The first kappa shape index (κ1) is 19.7. The molecule has 0 saturated carbocycles. The van der Waals surface area contributed by atoms with Crippen molar-refractivity contribution in [1.29, 1.82) is 0 Å². The smallest absolute Gasteiger partial charge is 0.272 e. The lowest BCUT2D eigenvalue weighted by Crippen LogP contribution is -2.39. The zero-order chi connectivity index (χ0) is 20.9. The highest BCUT2D eigenvalue weighted by Crippen LogP contribution is 2.17. The topological polar surface area (TPSA) is 85.2 Å². The van der Waals surface area contributed by atoms with Crippen LogP contribution in [0.1, 0.15) is 27.3 Å². The van der Waals surface area contributed by atoms with Gasteiger partial charge in [0.15, 0.2) is 6.61 Å². The molecule has 1 aliphatic rings. The number of aromatic nitrogens is 2. The van der Waals surface area contributed by atoms with E-state index in [1.54, 1.807) is 10.7 Å². The Morgan fingerprint density at radius 2 is 1.97 bits per heavy atom. The summed E-state index contributed by atoms with van der Waals surface area (Å²) in [6.07, 6.45) is 0.634. The number of hydrogen-bond donors (Lipinski definition) is 2. The van der Waals surface area contributed by atoms with Gasteiger partial charge >= 0.3 is 0 Å². The lowest BCUT2D eigenvalue weighted by molar-refractivity contribution is -0.123. The molecular formula is C23H24N4O3. The van der Waals surface area contributed by atoms with Gasteiger partial charge in [-0.2, -0.15) is 5.10 Å². The molecular weight excluding hydrogens is 380 g/mol. The van der Waals surface area contributed by atoms with Crippen LogP contribution in [-0.2, 0) is 24.3 Å². The largest absolute Gasteiger partial charge is 0.484 e. The summed E-state index contributed by atoms with van der Waals surface area (Å²) in [6, 6.07) is 19.1. The van der Waals surface area contributed by atoms with E-state index in [9.17, 15) is 9.59 Å². The summed E-state index contributed by atoms with van der Waals surface area (Å²) >= 11 is 0. The molecule has 2 amide bonds. The van der Waals surface area contributed by atoms with Crippen molar-refractivity contribution in [1.82, 2.24) is 20.4 Å². The molecule has 2 N–H and O–H groups in total. The van der Waals surface area contributed by atoms with Crippen LogP contribution in [0, 0.1) is 6.92 Å². The molecule has 30 heavy (non-hydrogen) atoms. The summed E-state index contributed by atoms with van der Waals surface area (Å²) in [5.74, 6) is 0.302. The molecule has 2 heterocycles. The predicted molar refractivity (Wildman–Crippen MR) is 112 cm³/mol. The summed E-state index contributed by atoms with van der Waals surface area (Å²) in [5.41, 5.74) is 3.45. The van der Waals surface area contributed by atoms with Crippen LogP contribution < -0.4 is 15.4 Å². The Balaban J connectivity index is 1.24. The second kappa shape index (κ2) is 8.82. The predicted octanol–water partition coefficient (Wildman–Crippen LogP) is 2.24. The molecule has 0 spiro atoms. The number of carbonyl (C=O) groups excluding carboxylic acids is 2. The molecule has 154 valence electrons. The molecule has 7 heteroatoms. The molecule has 7 nitrogen and oxygen atoms in total. The van der Waals surface area contributed by atoms with Crippen LogP contribution in [0.25, 0.3) is 0 Å². The van der Waals surface area contributed by atoms with E-state index in [0.29, 0.717) is 31.0 Å². The van der Waals surface area contributed by atoms with Crippen molar-refractivity contribution >= 4 is 11.8 Å². The first-order valence-corrected chi connectivity index (χ1v) is 9.94. The average Bonchev–Trinajstić information content (AvgIpc) is 3.30. The average molecular weight is 404 g/mol. The minimum absolute atomic E-state index is 0.0323. The van der Waals surface area contributed by atoms with Gasteiger partial charge in [0.25, 0.3) is 11.8 Å². The van der Waals surface area contributed by atoms with E-state index < -0.39 is 0 Å². The molecule has 0 bridgehead atoms. The lowest BCUT2D eigenvalue weighted by atomic mass is 10.2. The second-order valence-electron chi connectivity index (χ2n) is 7.45. The Morgan fingerprint density at radius 3 is 2.73 bits per heavy atom. The third kappa shape index (κ3) is 4.86. The van der Waals surface area contributed by atoms with Gasteiger partial charge < -0.3 is 15.4 Å². The zero-order valence-corrected chi connectivity index (χ0v) is 16.8. The summed E-state index contributed by atoms with van der Waals surface area (Å²) in [4.78, 5) is 24.5. The number of nitrogens with zero attached hydrogens (tertiary/aromatic N) is 2. The van der Waals surface area contributed by atoms with Crippen LogP contribution >= 0.6 is 0 Å². The van der Waals surface area contributed by atoms with Gasteiger partial charge in [-0.15, -0.1) is 0 Å². The van der Waals surface area contributed by atoms with E-state index in [2.05, 4.69) is 15.7 Å². The molecule has 1 atom stereocenters. The number of nitrogens with one attached hydrogen (secondary N) is 2. The minimum Gasteiger partial charge on any atom is -0.484 e. The number of rotatable bonds is 7. The van der Waals surface area contributed by atoms with Crippen LogP contribution in [-0.4, -0.2) is 34.2 Å². The quantitative estimate of drug-likeness (QED) is 0.633. The van der Waals surface area contributed by atoms with E-state index in [1.807, 2.05) is 61.5 Å². The van der Waals surface area contributed by atoms with E-state index in [1.165, 1.54) is 0 Å². The van der Waals surface area contributed by atoms with Crippen molar-refractivity contribution in [3.05, 3.63) is 83.2 Å². The molecule has 0 unspecified atom stereocenters. The summed E-state index contributed by atoms with van der Waals surface area (Å²) in [7, 11) is 0. The fourth-order valence-electron chi connectivity index (χ4n) is 3.50.